The van der Waals surface area contributed by atoms with Crippen LogP contribution in [0.2, 0.25) is 0 Å². The Morgan fingerprint density at radius 1 is 0.703 bits per heavy atom. The predicted octanol–water partition coefficient (Wildman–Crippen LogP) is 7.83. The summed E-state index contributed by atoms with van der Waals surface area (Å²) < 4.78 is 21.4. The summed E-state index contributed by atoms with van der Waals surface area (Å²) >= 11 is 1.75. The molecule has 0 radical (unpaired) electrons. The lowest BCUT2D eigenvalue weighted by Crippen LogP contribution is -2.41. The Hall–Kier alpha value is -3.45. The molecule has 0 bridgehead atoms. The number of fused-ring (bicyclic) bond motifs is 4. The number of thiophene rings is 1. The van der Waals surface area contributed by atoms with Gasteiger partial charge in [0.15, 0.2) is 5.58 Å². The van der Waals surface area contributed by atoms with Gasteiger partial charge in [0, 0.05) is 31.2 Å². The number of oxazole rings is 1. The van der Waals surface area contributed by atoms with E-state index >= 15 is 0 Å². The lowest BCUT2D eigenvalue weighted by molar-refractivity contribution is 0.00578. The van der Waals surface area contributed by atoms with E-state index in [4.69, 9.17) is 18.7 Å². The van der Waals surface area contributed by atoms with Crippen molar-refractivity contribution in [1.82, 2.24) is 4.98 Å². The van der Waals surface area contributed by atoms with Gasteiger partial charge in [0.1, 0.15) is 5.52 Å². The maximum Gasteiger partial charge on any atom is 0.496 e. The molecule has 0 N–H and O–H groups in total. The van der Waals surface area contributed by atoms with Crippen LogP contribution < -0.4 is 5.46 Å². The fourth-order valence-electron chi connectivity index (χ4n) is 4.96. The minimum atomic E-state index is -0.395. The summed E-state index contributed by atoms with van der Waals surface area (Å²) in [6.45, 7) is 8.35. The molecule has 6 aromatic rings. The van der Waals surface area contributed by atoms with Crippen LogP contribution >= 0.6 is 11.3 Å². The van der Waals surface area contributed by atoms with E-state index in [-0.39, 0.29) is 11.2 Å². The Morgan fingerprint density at radius 3 is 2.11 bits per heavy atom. The van der Waals surface area contributed by atoms with E-state index in [1.807, 2.05) is 6.07 Å². The van der Waals surface area contributed by atoms with Crippen LogP contribution in [-0.4, -0.2) is 23.3 Å². The molecule has 0 atom stereocenters. The summed E-state index contributed by atoms with van der Waals surface area (Å²) in [5, 5.41) is 2.34. The highest BCUT2D eigenvalue weighted by molar-refractivity contribution is 7.27. The smallest absolute Gasteiger partial charge is 0.436 e. The molecule has 7 rings (SSSR count). The van der Waals surface area contributed by atoms with Crippen LogP contribution in [0.3, 0.4) is 0 Å². The molecule has 2 aromatic heterocycles. The van der Waals surface area contributed by atoms with Crippen molar-refractivity contribution >= 4 is 55.2 Å². The van der Waals surface area contributed by atoms with Gasteiger partial charge in [-0.25, -0.2) is 4.98 Å². The highest BCUT2D eigenvalue weighted by atomic mass is 32.1. The number of hydrogen-bond donors (Lipinski definition) is 0. The maximum absolute atomic E-state index is 6.37. The number of aromatic nitrogens is 1. The second-order valence-electron chi connectivity index (χ2n) is 10.7. The van der Waals surface area contributed by atoms with E-state index in [1.54, 1.807) is 11.3 Å². The quantitative estimate of drug-likeness (QED) is 0.231. The summed E-state index contributed by atoms with van der Waals surface area (Å²) in [6.07, 6.45) is 0. The molecule has 182 valence electrons. The second kappa shape index (κ2) is 8.03. The first-order valence-electron chi connectivity index (χ1n) is 12.6. The van der Waals surface area contributed by atoms with E-state index < -0.39 is 7.12 Å². The first-order chi connectivity index (χ1) is 17.8. The Balaban J connectivity index is 1.28. The maximum atomic E-state index is 6.37. The summed E-state index contributed by atoms with van der Waals surface area (Å²) in [6, 6.07) is 29.3. The third-order valence-electron chi connectivity index (χ3n) is 7.78. The van der Waals surface area contributed by atoms with Crippen molar-refractivity contribution in [3.8, 4) is 22.6 Å². The van der Waals surface area contributed by atoms with E-state index in [9.17, 15) is 0 Å². The lowest BCUT2D eigenvalue weighted by Gasteiger charge is -2.32. The van der Waals surface area contributed by atoms with Gasteiger partial charge in [-0.15, -0.1) is 11.3 Å². The molecule has 37 heavy (non-hydrogen) atoms. The summed E-state index contributed by atoms with van der Waals surface area (Å²) in [5.74, 6) is 0.634. The third kappa shape index (κ3) is 3.63. The predicted molar refractivity (Wildman–Crippen MR) is 153 cm³/mol. The van der Waals surface area contributed by atoms with Gasteiger partial charge >= 0.3 is 7.12 Å². The molecule has 0 aliphatic carbocycles. The van der Waals surface area contributed by atoms with Gasteiger partial charge in [-0.1, -0.05) is 60.7 Å². The van der Waals surface area contributed by atoms with Crippen molar-refractivity contribution in [2.75, 3.05) is 0 Å². The average Bonchev–Trinajstić information content (AvgIpc) is 3.53. The molecular weight excluding hydrogens is 477 g/mol. The standard InChI is InChI=1S/C31H26BNO3S/c1-30(2)31(3,4)36-32(35-30)24-12-8-11-22-23-17-26-25(18-27(23)37-28(22)24)33-29(34-26)21-15-13-20(14-16-21)19-9-6-5-7-10-19/h5-18H,1-4H3. The third-order valence-corrected chi connectivity index (χ3v) is 9.00. The van der Waals surface area contributed by atoms with Crippen LogP contribution in [-0.2, 0) is 9.31 Å². The Morgan fingerprint density at radius 2 is 1.38 bits per heavy atom. The van der Waals surface area contributed by atoms with Gasteiger partial charge in [-0.3, -0.25) is 0 Å². The van der Waals surface area contributed by atoms with Crippen molar-refractivity contribution in [2.24, 2.45) is 0 Å². The molecule has 0 spiro atoms. The van der Waals surface area contributed by atoms with Gasteiger partial charge in [0.05, 0.1) is 11.2 Å². The molecule has 0 saturated carbocycles. The number of benzene rings is 4. The van der Waals surface area contributed by atoms with Crippen LogP contribution in [0.4, 0.5) is 0 Å². The lowest BCUT2D eigenvalue weighted by atomic mass is 9.78. The van der Waals surface area contributed by atoms with Gasteiger partial charge in [0.25, 0.3) is 0 Å². The van der Waals surface area contributed by atoms with Crippen LogP contribution in [0.5, 0.6) is 0 Å². The summed E-state index contributed by atoms with van der Waals surface area (Å²) in [4.78, 5) is 4.83. The van der Waals surface area contributed by atoms with Crippen LogP contribution in [0.25, 0.3) is 53.9 Å². The normalized spacial score (nSPS) is 16.8. The van der Waals surface area contributed by atoms with Crippen molar-refractivity contribution < 1.29 is 13.7 Å². The highest BCUT2D eigenvalue weighted by Gasteiger charge is 2.52. The molecule has 1 saturated heterocycles. The Kier molecular flexibility index (Phi) is 4.93. The van der Waals surface area contributed by atoms with E-state index in [0.717, 1.165) is 27.5 Å². The van der Waals surface area contributed by atoms with Crippen molar-refractivity contribution in [3.05, 3.63) is 84.9 Å². The zero-order valence-electron chi connectivity index (χ0n) is 21.2. The van der Waals surface area contributed by atoms with E-state index in [0.29, 0.717) is 5.89 Å². The van der Waals surface area contributed by atoms with Crippen molar-refractivity contribution in [2.45, 2.75) is 38.9 Å². The molecule has 1 fully saturated rings. The molecule has 0 unspecified atom stereocenters. The highest BCUT2D eigenvalue weighted by Crippen LogP contribution is 2.40. The van der Waals surface area contributed by atoms with Crippen LogP contribution in [0, 0.1) is 0 Å². The fourth-order valence-corrected chi connectivity index (χ4v) is 6.19. The van der Waals surface area contributed by atoms with Crippen LogP contribution in [0.15, 0.2) is 89.3 Å². The Labute approximate surface area is 220 Å². The number of rotatable bonds is 3. The Bertz CT molecular complexity index is 1770. The van der Waals surface area contributed by atoms with Crippen molar-refractivity contribution in [1.29, 1.82) is 0 Å². The minimum Gasteiger partial charge on any atom is -0.436 e. The SMILES string of the molecule is CC1(C)OB(c2cccc3c2sc2cc4nc(-c5ccc(-c6ccccc6)cc5)oc4cc23)OC1(C)C. The number of nitrogens with zero attached hydrogens (tertiary/aromatic N) is 1. The number of hydrogen-bond acceptors (Lipinski definition) is 5. The zero-order chi connectivity index (χ0) is 25.4. The van der Waals surface area contributed by atoms with E-state index in [1.165, 1.54) is 25.9 Å². The van der Waals surface area contributed by atoms with Crippen LogP contribution in [0.1, 0.15) is 27.7 Å². The fraction of sp³-hybridized carbons (Fsp3) is 0.194. The molecule has 1 aliphatic rings. The molecular formula is C31H26BNO3S. The molecule has 4 aromatic carbocycles. The second-order valence-corrected chi connectivity index (χ2v) is 11.7. The molecule has 1 aliphatic heterocycles. The molecule has 6 heteroatoms. The topological polar surface area (TPSA) is 44.5 Å². The average molecular weight is 503 g/mol. The zero-order valence-corrected chi connectivity index (χ0v) is 22.1. The molecule has 3 heterocycles. The van der Waals surface area contributed by atoms with Gasteiger partial charge in [-0.2, -0.15) is 0 Å². The van der Waals surface area contributed by atoms with Gasteiger partial charge < -0.3 is 13.7 Å². The summed E-state index contributed by atoms with van der Waals surface area (Å²) in [5.41, 5.74) is 5.29. The molecule has 4 nitrogen and oxygen atoms in total. The van der Waals surface area contributed by atoms with E-state index in [2.05, 4.69) is 107 Å². The monoisotopic (exact) mass is 503 g/mol. The van der Waals surface area contributed by atoms with Crippen molar-refractivity contribution in [3.63, 3.8) is 0 Å². The first kappa shape index (κ1) is 22.7. The first-order valence-corrected chi connectivity index (χ1v) is 13.4. The van der Waals surface area contributed by atoms with Gasteiger partial charge in [0.2, 0.25) is 5.89 Å². The molecule has 0 amide bonds. The summed E-state index contributed by atoms with van der Waals surface area (Å²) in [7, 11) is -0.395. The largest absolute Gasteiger partial charge is 0.496 e. The van der Waals surface area contributed by atoms with Gasteiger partial charge in [-0.05, 0) is 63.1 Å². The minimum absolute atomic E-state index is 0.379.